The number of aryl methyl sites for hydroxylation is 1. The van der Waals surface area contributed by atoms with Gasteiger partial charge in [-0.25, -0.2) is 9.18 Å². The Morgan fingerprint density at radius 2 is 2.29 bits per heavy atom. The van der Waals surface area contributed by atoms with Gasteiger partial charge in [0.15, 0.2) is 0 Å². The molecule has 0 spiro atoms. The van der Waals surface area contributed by atoms with Crippen molar-refractivity contribution >= 4 is 11.7 Å². The highest BCUT2D eigenvalue weighted by atomic mass is 19.1. The second-order valence-corrected chi connectivity index (χ2v) is 4.30. The van der Waals surface area contributed by atoms with Crippen LogP contribution in [-0.4, -0.2) is 22.4 Å². The fourth-order valence-corrected chi connectivity index (χ4v) is 1.75. The number of carboxylic acids is 1. The molecule has 1 aliphatic heterocycles. The molecule has 2 rings (SSSR count). The topological polar surface area (TPSA) is 58.9 Å². The minimum absolute atomic E-state index is 0.175. The minimum atomic E-state index is -1.32. The number of halogens is 1. The van der Waals surface area contributed by atoms with Crippen LogP contribution >= 0.6 is 0 Å². The maximum absolute atomic E-state index is 12.9. The third-order valence-electron chi connectivity index (χ3n) is 2.81. The molecule has 4 nitrogen and oxygen atoms in total. The highest BCUT2D eigenvalue weighted by Gasteiger charge is 2.42. The first-order valence-corrected chi connectivity index (χ1v) is 5.17. The van der Waals surface area contributed by atoms with E-state index >= 15 is 0 Å². The highest BCUT2D eigenvalue weighted by molar-refractivity contribution is 6.05. The molecule has 1 heterocycles. The molecule has 1 aromatic rings. The molecular weight excluding hydrogens is 225 g/mol. The zero-order valence-corrected chi connectivity index (χ0v) is 9.53. The summed E-state index contributed by atoms with van der Waals surface area (Å²) in [6, 6.07) is 4.29. The van der Waals surface area contributed by atoms with Crippen LogP contribution in [-0.2, 0) is 9.63 Å². The lowest BCUT2D eigenvalue weighted by molar-refractivity contribution is -0.160. The maximum atomic E-state index is 12.9. The molecule has 17 heavy (non-hydrogen) atoms. The van der Waals surface area contributed by atoms with Gasteiger partial charge >= 0.3 is 5.97 Å². The van der Waals surface area contributed by atoms with Crippen LogP contribution in [0.25, 0.3) is 0 Å². The number of carboxylic acid groups (broad SMARTS) is 1. The molecule has 1 atom stereocenters. The van der Waals surface area contributed by atoms with Crippen LogP contribution in [0.15, 0.2) is 23.4 Å². The zero-order valence-electron chi connectivity index (χ0n) is 9.53. The molecule has 1 N–H and O–H groups in total. The molecule has 1 aromatic carbocycles. The monoisotopic (exact) mass is 237 g/mol. The molecule has 0 bridgehead atoms. The normalized spacial score (nSPS) is 23.1. The lowest BCUT2D eigenvalue weighted by atomic mass is 9.94. The van der Waals surface area contributed by atoms with Crippen molar-refractivity contribution in [3.63, 3.8) is 0 Å². The number of nitrogens with zero attached hydrogens (tertiary/aromatic N) is 1. The molecule has 5 heteroatoms. The Balaban J connectivity index is 2.29. The van der Waals surface area contributed by atoms with Crippen molar-refractivity contribution in [1.82, 2.24) is 0 Å². The maximum Gasteiger partial charge on any atom is 0.351 e. The molecule has 0 aromatic heterocycles. The molecule has 0 amide bonds. The van der Waals surface area contributed by atoms with Crippen LogP contribution in [0.5, 0.6) is 0 Å². The third-order valence-corrected chi connectivity index (χ3v) is 2.81. The molecule has 1 unspecified atom stereocenters. The van der Waals surface area contributed by atoms with Gasteiger partial charge in [-0.1, -0.05) is 5.16 Å². The van der Waals surface area contributed by atoms with Crippen molar-refractivity contribution in [3.8, 4) is 0 Å². The van der Waals surface area contributed by atoms with Crippen LogP contribution in [0.3, 0.4) is 0 Å². The number of benzene rings is 1. The zero-order chi connectivity index (χ0) is 12.6. The van der Waals surface area contributed by atoms with Crippen LogP contribution in [0.2, 0.25) is 0 Å². The summed E-state index contributed by atoms with van der Waals surface area (Å²) in [5.74, 6) is -1.39. The van der Waals surface area contributed by atoms with Crippen LogP contribution in [0.1, 0.15) is 24.5 Å². The van der Waals surface area contributed by atoms with Gasteiger partial charge in [-0.15, -0.1) is 0 Å². The van der Waals surface area contributed by atoms with E-state index in [4.69, 9.17) is 9.94 Å². The molecule has 0 saturated carbocycles. The Morgan fingerprint density at radius 3 is 2.82 bits per heavy atom. The molecule has 90 valence electrons. The molecule has 0 aliphatic carbocycles. The lowest BCUT2D eigenvalue weighted by Gasteiger charge is -2.14. The van der Waals surface area contributed by atoms with Gasteiger partial charge in [0.2, 0.25) is 5.60 Å². The van der Waals surface area contributed by atoms with E-state index in [9.17, 15) is 9.18 Å². The Morgan fingerprint density at radius 1 is 1.59 bits per heavy atom. The summed E-state index contributed by atoms with van der Waals surface area (Å²) in [6.45, 7) is 3.21. The van der Waals surface area contributed by atoms with Crippen molar-refractivity contribution in [3.05, 3.63) is 35.1 Å². The number of rotatable bonds is 2. The van der Waals surface area contributed by atoms with Gasteiger partial charge in [0.1, 0.15) is 5.82 Å². The smallest absolute Gasteiger partial charge is 0.351 e. The van der Waals surface area contributed by atoms with Gasteiger partial charge in [0, 0.05) is 12.0 Å². The number of oxime groups is 1. The van der Waals surface area contributed by atoms with Crippen LogP contribution < -0.4 is 0 Å². The third kappa shape index (κ3) is 2.00. The number of hydrogen-bond acceptors (Lipinski definition) is 3. The average molecular weight is 237 g/mol. The van der Waals surface area contributed by atoms with Crippen LogP contribution in [0, 0.1) is 12.7 Å². The Bertz CT molecular complexity index is 512. The highest BCUT2D eigenvalue weighted by Crippen LogP contribution is 2.28. The van der Waals surface area contributed by atoms with E-state index in [0.717, 1.165) is 5.56 Å². The predicted molar refractivity (Wildman–Crippen MR) is 59.4 cm³/mol. The molecular formula is C12H12FNO3. The summed E-state index contributed by atoms with van der Waals surface area (Å²) >= 11 is 0. The summed E-state index contributed by atoms with van der Waals surface area (Å²) in [7, 11) is 0. The summed E-state index contributed by atoms with van der Waals surface area (Å²) < 4.78 is 12.9. The van der Waals surface area contributed by atoms with Crippen molar-refractivity contribution in [2.45, 2.75) is 25.9 Å². The lowest BCUT2D eigenvalue weighted by Crippen LogP contribution is -2.35. The largest absolute Gasteiger partial charge is 0.478 e. The minimum Gasteiger partial charge on any atom is -0.478 e. The van der Waals surface area contributed by atoms with E-state index in [0.29, 0.717) is 11.3 Å². The first-order chi connectivity index (χ1) is 7.92. The van der Waals surface area contributed by atoms with Gasteiger partial charge in [-0.2, -0.15) is 0 Å². The summed E-state index contributed by atoms with van der Waals surface area (Å²) in [5, 5.41) is 12.8. The fraction of sp³-hybridized carbons (Fsp3) is 0.333. The van der Waals surface area contributed by atoms with Gasteiger partial charge < -0.3 is 9.94 Å². The van der Waals surface area contributed by atoms with Gasteiger partial charge in [-0.05, 0) is 37.6 Å². The first kappa shape index (κ1) is 11.6. The van der Waals surface area contributed by atoms with Crippen molar-refractivity contribution in [2.75, 3.05) is 0 Å². The second kappa shape index (κ2) is 3.84. The molecule has 1 aliphatic rings. The van der Waals surface area contributed by atoms with Gasteiger partial charge in [-0.3, -0.25) is 0 Å². The summed E-state index contributed by atoms with van der Waals surface area (Å²) in [5.41, 5.74) is 0.640. The molecule has 0 radical (unpaired) electrons. The van der Waals surface area contributed by atoms with Gasteiger partial charge in [0.05, 0.1) is 5.71 Å². The van der Waals surface area contributed by atoms with E-state index in [1.165, 1.54) is 19.1 Å². The van der Waals surface area contributed by atoms with Crippen molar-refractivity contribution < 1.29 is 19.1 Å². The van der Waals surface area contributed by atoms with Gasteiger partial charge in [0.25, 0.3) is 0 Å². The van der Waals surface area contributed by atoms with E-state index < -0.39 is 11.6 Å². The Kier molecular flexibility index (Phi) is 2.61. The molecule has 0 fully saturated rings. The fourth-order valence-electron chi connectivity index (χ4n) is 1.75. The Hall–Kier alpha value is -1.91. The summed E-state index contributed by atoms with van der Waals surface area (Å²) in [6.07, 6.45) is 0.175. The average Bonchev–Trinajstić information content (AvgIpc) is 2.62. The summed E-state index contributed by atoms with van der Waals surface area (Å²) in [4.78, 5) is 15.9. The van der Waals surface area contributed by atoms with Crippen molar-refractivity contribution in [1.29, 1.82) is 0 Å². The number of aliphatic carboxylic acids is 1. The van der Waals surface area contributed by atoms with Crippen molar-refractivity contribution in [2.24, 2.45) is 5.16 Å². The van der Waals surface area contributed by atoms with E-state index in [1.807, 2.05) is 0 Å². The number of carbonyl (C=O) groups is 1. The SMILES string of the molecule is Cc1cc(F)ccc1C1=NOC(C)(C(=O)O)C1. The standard InChI is InChI=1S/C12H12FNO3/c1-7-5-8(13)3-4-9(7)10-6-12(2,11(15)16)17-14-10/h3-5H,6H2,1-2H3,(H,15,16). The van der Waals surface area contributed by atoms with E-state index in [1.54, 1.807) is 13.0 Å². The first-order valence-electron chi connectivity index (χ1n) is 5.17. The van der Waals surface area contributed by atoms with E-state index in [2.05, 4.69) is 5.16 Å². The quantitative estimate of drug-likeness (QED) is 0.856. The van der Waals surface area contributed by atoms with Crippen LogP contribution in [0.4, 0.5) is 4.39 Å². The number of hydrogen-bond donors (Lipinski definition) is 1. The Labute approximate surface area is 97.7 Å². The predicted octanol–water partition coefficient (Wildman–Crippen LogP) is 2.10. The van der Waals surface area contributed by atoms with E-state index in [-0.39, 0.29) is 12.2 Å². The molecule has 0 saturated heterocycles. The second-order valence-electron chi connectivity index (χ2n) is 4.30.